The van der Waals surface area contributed by atoms with Crippen LogP contribution >= 0.6 is 0 Å². The fourth-order valence-electron chi connectivity index (χ4n) is 4.74. The molecule has 3 rings (SSSR count). The fourth-order valence-corrected chi connectivity index (χ4v) is 4.74. The lowest BCUT2D eigenvalue weighted by Gasteiger charge is -2.51. The van der Waals surface area contributed by atoms with Crippen LogP contribution in [0, 0.1) is 11.3 Å². The summed E-state index contributed by atoms with van der Waals surface area (Å²) in [7, 11) is 0. The Balaban J connectivity index is 2.31. The second-order valence-electron chi connectivity index (χ2n) is 8.94. The number of ether oxygens (including phenoxy) is 1. The van der Waals surface area contributed by atoms with Gasteiger partial charge >= 0.3 is 5.97 Å². The summed E-state index contributed by atoms with van der Waals surface area (Å²) in [6, 6.07) is 0. The van der Waals surface area contributed by atoms with Crippen LogP contribution in [0.4, 0.5) is 0 Å². The molecule has 1 fully saturated rings. The highest BCUT2D eigenvalue weighted by Gasteiger charge is 2.50. The number of rotatable bonds is 1. The van der Waals surface area contributed by atoms with Crippen LogP contribution in [-0.2, 0) is 9.53 Å². The van der Waals surface area contributed by atoms with Crippen molar-refractivity contribution >= 4 is 5.97 Å². The molecule has 0 aromatic carbocycles. The number of hydrogen-bond donors (Lipinski definition) is 1. The molecule has 3 heteroatoms. The second kappa shape index (κ2) is 8.07. The second-order valence-corrected chi connectivity index (χ2v) is 8.94. The van der Waals surface area contributed by atoms with Crippen molar-refractivity contribution in [3.8, 4) is 0 Å². The fraction of sp³-hybridized carbons (Fsp3) is 0.773. The molecule has 1 N–H and O–H groups in total. The molecule has 0 radical (unpaired) electrons. The number of esters is 1. The molecule has 0 amide bonds. The van der Waals surface area contributed by atoms with Gasteiger partial charge in [-0.25, -0.2) is 0 Å². The zero-order valence-corrected chi connectivity index (χ0v) is 16.7. The summed E-state index contributed by atoms with van der Waals surface area (Å²) in [4.78, 5) is 11.7. The summed E-state index contributed by atoms with van der Waals surface area (Å²) in [5.74, 6) is -0.0334. The highest BCUT2D eigenvalue weighted by atomic mass is 16.5. The predicted octanol–water partition coefficient (Wildman–Crippen LogP) is 5.33. The van der Waals surface area contributed by atoms with Crippen molar-refractivity contribution in [1.82, 2.24) is 0 Å². The van der Waals surface area contributed by atoms with Crippen molar-refractivity contribution < 1.29 is 14.6 Å². The van der Waals surface area contributed by atoms with Crippen LogP contribution in [0.25, 0.3) is 0 Å². The molecule has 0 aromatic rings. The Hall–Kier alpha value is -1.09. The van der Waals surface area contributed by atoms with E-state index in [2.05, 4.69) is 32.9 Å². The number of carbonyl (C=O) groups excluding carboxylic acids is 1. The zero-order valence-electron chi connectivity index (χ0n) is 16.7. The van der Waals surface area contributed by atoms with Gasteiger partial charge in [-0.1, -0.05) is 30.2 Å². The number of fused-ring (bicyclic) bond motifs is 9. The van der Waals surface area contributed by atoms with E-state index in [4.69, 9.17) is 4.74 Å². The topological polar surface area (TPSA) is 46.5 Å². The molecule has 142 valence electrons. The van der Waals surface area contributed by atoms with Crippen LogP contribution in [0.3, 0.4) is 0 Å². The monoisotopic (exact) mass is 348 g/mol. The van der Waals surface area contributed by atoms with E-state index >= 15 is 0 Å². The van der Waals surface area contributed by atoms with E-state index in [1.165, 1.54) is 18.1 Å². The third-order valence-electron chi connectivity index (χ3n) is 6.35. The van der Waals surface area contributed by atoms with E-state index in [-0.39, 0.29) is 23.4 Å². The summed E-state index contributed by atoms with van der Waals surface area (Å²) in [6.45, 7) is 10.1. The minimum Gasteiger partial charge on any atom is -0.462 e. The summed E-state index contributed by atoms with van der Waals surface area (Å²) >= 11 is 0. The Kier molecular flexibility index (Phi) is 6.53. The minimum absolute atomic E-state index is 0.101. The highest BCUT2D eigenvalue weighted by molar-refractivity contribution is 5.66. The van der Waals surface area contributed by atoms with Gasteiger partial charge in [-0.2, -0.15) is 0 Å². The molecule has 3 nitrogen and oxygen atoms in total. The quantitative estimate of drug-likeness (QED) is 0.514. The zero-order chi connectivity index (χ0) is 18.7. The largest absolute Gasteiger partial charge is 0.462 e. The van der Waals surface area contributed by atoms with Crippen molar-refractivity contribution in [3.05, 3.63) is 23.3 Å². The van der Waals surface area contributed by atoms with Crippen molar-refractivity contribution in [3.63, 3.8) is 0 Å². The van der Waals surface area contributed by atoms with Crippen molar-refractivity contribution in [2.45, 2.75) is 97.7 Å². The Morgan fingerprint density at radius 3 is 2.48 bits per heavy atom. The van der Waals surface area contributed by atoms with E-state index in [1.807, 2.05) is 6.92 Å². The van der Waals surface area contributed by atoms with Crippen LogP contribution < -0.4 is 0 Å². The Labute approximate surface area is 153 Å². The number of allylic oxidation sites excluding steroid dienone is 4. The molecule has 3 aliphatic rings. The number of hydrogen-bond acceptors (Lipinski definition) is 3. The first-order chi connectivity index (χ1) is 11.6. The van der Waals surface area contributed by atoms with Crippen LogP contribution in [0.5, 0.6) is 0 Å². The number of aliphatic hydroxyl groups is 1. The Morgan fingerprint density at radius 1 is 1.16 bits per heavy atom. The maximum Gasteiger partial charge on any atom is 0.302 e. The molecule has 0 saturated heterocycles. The third kappa shape index (κ3) is 5.44. The van der Waals surface area contributed by atoms with Crippen molar-refractivity contribution in [2.75, 3.05) is 0 Å². The number of carbonyl (C=O) groups is 1. The van der Waals surface area contributed by atoms with E-state index in [1.54, 1.807) is 0 Å². The summed E-state index contributed by atoms with van der Waals surface area (Å²) < 4.78 is 5.75. The summed E-state index contributed by atoms with van der Waals surface area (Å²) in [6.07, 6.45) is 12.1. The van der Waals surface area contributed by atoms with Gasteiger partial charge < -0.3 is 9.84 Å². The van der Waals surface area contributed by atoms with Gasteiger partial charge in [0.1, 0.15) is 6.10 Å². The normalized spacial score (nSPS) is 41.8. The molecular weight excluding hydrogens is 312 g/mol. The molecule has 1 unspecified atom stereocenters. The summed E-state index contributed by atoms with van der Waals surface area (Å²) in [5, 5.41) is 11.2. The van der Waals surface area contributed by atoms with Gasteiger partial charge in [-0.15, -0.1) is 0 Å². The van der Waals surface area contributed by atoms with E-state index in [0.29, 0.717) is 6.42 Å². The molecule has 0 aromatic heterocycles. The first-order valence-corrected chi connectivity index (χ1v) is 9.83. The van der Waals surface area contributed by atoms with Gasteiger partial charge in [0.2, 0.25) is 0 Å². The van der Waals surface area contributed by atoms with Crippen LogP contribution in [0.15, 0.2) is 23.3 Å². The van der Waals surface area contributed by atoms with Crippen LogP contribution in [0.2, 0.25) is 0 Å². The van der Waals surface area contributed by atoms with E-state index < -0.39 is 5.60 Å². The first kappa shape index (κ1) is 20.2. The molecule has 0 heterocycles. The van der Waals surface area contributed by atoms with Gasteiger partial charge in [0, 0.05) is 12.3 Å². The van der Waals surface area contributed by atoms with E-state index in [0.717, 1.165) is 44.9 Å². The molecule has 3 aliphatic carbocycles. The lowest BCUT2D eigenvalue weighted by Crippen LogP contribution is -2.53. The molecule has 1 saturated carbocycles. The van der Waals surface area contributed by atoms with E-state index in [9.17, 15) is 9.90 Å². The summed E-state index contributed by atoms with van der Waals surface area (Å²) in [5.41, 5.74) is 1.96. The maximum absolute atomic E-state index is 11.7. The molecule has 4 atom stereocenters. The highest BCUT2D eigenvalue weighted by Crippen LogP contribution is 2.50. The smallest absolute Gasteiger partial charge is 0.302 e. The lowest BCUT2D eigenvalue weighted by atomic mass is 9.60. The van der Waals surface area contributed by atoms with Gasteiger partial charge in [0.15, 0.2) is 0 Å². The standard InChI is InChI=1S/C22H36O3/c1-16-8-6-9-17(2)11-12-19-14-20(25-18(3)23)21(4,13-7-10-16)15-22(19,5)24/h9-10,19-20,24H,6-8,11-15H2,1-5H3/b16-10-,17-9-/t19?,20-,21+,22+/m0/s1. The average Bonchev–Trinajstić information content (AvgIpc) is 2.47. The van der Waals surface area contributed by atoms with Crippen LogP contribution in [-0.4, -0.2) is 22.8 Å². The third-order valence-corrected chi connectivity index (χ3v) is 6.35. The van der Waals surface area contributed by atoms with Crippen molar-refractivity contribution in [1.29, 1.82) is 0 Å². The van der Waals surface area contributed by atoms with Gasteiger partial charge in [-0.05, 0) is 78.1 Å². The van der Waals surface area contributed by atoms with Gasteiger partial charge in [0.25, 0.3) is 0 Å². The first-order valence-electron chi connectivity index (χ1n) is 9.83. The van der Waals surface area contributed by atoms with Crippen molar-refractivity contribution in [2.24, 2.45) is 11.3 Å². The molecule has 25 heavy (non-hydrogen) atoms. The average molecular weight is 349 g/mol. The molecule has 0 aliphatic heterocycles. The van der Waals surface area contributed by atoms with Crippen LogP contribution in [0.1, 0.15) is 86.0 Å². The predicted molar refractivity (Wildman–Crippen MR) is 102 cm³/mol. The van der Waals surface area contributed by atoms with Gasteiger partial charge in [0.05, 0.1) is 5.60 Å². The molecule has 0 spiro atoms. The van der Waals surface area contributed by atoms with Gasteiger partial charge in [-0.3, -0.25) is 4.79 Å². The maximum atomic E-state index is 11.7. The lowest BCUT2D eigenvalue weighted by molar-refractivity contribution is -0.176. The molecule has 2 bridgehead atoms. The Morgan fingerprint density at radius 2 is 1.80 bits per heavy atom. The Bertz CT molecular complexity index is 543. The minimum atomic E-state index is -0.700. The SMILES string of the molecule is CC(=O)O[C@H]1CC2CC/C(C)=C\CC/C(C)=C\CC[C@]1(C)C[C@@]2(C)O. The molecular formula is C22H36O3.